The van der Waals surface area contributed by atoms with Crippen LogP contribution in [0.4, 0.5) is 32.2 Å². The molecule has 2 aromatic heterocycles. The summed E-state index contributed by atoms with van der Waals surface area (Å²) in [5, 5.41) is 22.0. The topological polar surface area (TPSA) is 170 Å². The van der Waals surface area contributed by atoms with Gasteiger partial charge in [-0.2, -0.15) is 35.7 Å². The zero-order valence-electron chi connectivity index (χ0n) is 23.0. The number of fused-ring (bicyclic) bond motifs is 1. The molecular formula is C26H24F6N6O6S. The zero-order valence-corrected chi connectivity index (χ0v) is 23.9. The molecule has 1 aliphatic heterocycles. The van der Waals surface area contributed by atoms with Crippen LogP contribution in [-0.4, -0.2) is 93.6 Å². The normalized spacial score (nSPS) is 14.2. The molecule has 19 heteroatoms. The van der Waals surface area contributed by atoms with Crippen LogP contribution in [0, 0.1) is 6.92 Å². The van der Waals surface area contributed by atoms with Crippen molar-refractivity contribution in [2.24, 2.45) is 0 Å². The van der Waals surface area contributed by atoms with Gasteiger partial charge in [-0.3, -0.25) is 5.10 Å². The van der Waals surface area contributed by atoms with Gasteiger partial charge in [-0.1, -0.05) is 23.8 Å². The van der Waals surface area contributed by atoms with Crippen LogP contribution in [0.15, 0.2) is 66.1 Å². The van der Waals surface area contributed by atoms with Crippen LogP contribution < -0.4 is 4.90 Å². The molecule has 12 nitrogen and oxygen atoms in total. The first-order valence-corrected chi connectivity index (χ1v) is 14.0. The number of carbonyl (C=O) groups is 2. The number of benzene rings is 2. The van der Waals surface area contributed by atoms with Gasteiger partial charge in [0, 0.05) is 43.3 Å². The number of nitrogens with one attached hydrogen (secondary N) is 1. The maximum absolute atomic E-state index is 13.0. The predicted octanol–water partition coefficient (Wildman–Crippen LogP) is 4.11. The van der Waals surface area contributed by atoms with Crippen molar-refractivity contribution < 1.29 is 54.6 Å². The molecule has 5 rings (SSSR count). The molecule has 0 spiro atoms. The lowest BCUT2D eigenvalue weighted by Gasteiger charge is -2.35. The van der Waals surface area contributed by atoms with Crippen LogP contribution in [0.3, 0.4) is 0 Å². The fourth-order valence-corrected chi connectivity index (χ4v) is 5.31. The molecule has 2 aromatic carbocycles. The van der Waals surface area contributed by atoms with Crippen LogP contribution in [0.25, 0.3) is 22.0 Å². The van der Waals surface area contributed by atoms with E-state index >= 15 is 0 Å². The molecule has 0 amide bonds. The third kappa shape index (κ3) is 9.11. The van der Waals surface area contributed by atoms with Crippen molar-refractivity contribution in [3.63, 3.8) is 0 Å². The van der Waals surface area contributed by atoms with E-state index < -0.39 is 34.3 Å². The van der Waals surface area contributed by atoms with Crippen LogP contribution in [0.1, 0.15) is 5.56 Å². The number of nitrogens with zero attached hydrogens (tertiary/aromatic N) is 5. The van der Waals surface area contributed by atoms with E-state index in [0.29, 0.717) is 31.1 Å². The average Bonchev–Trinajstić information content (AvgIpc) is 3.52. The third-order valence-corrected chi connectivity index (χ3v) is 8.04. The van der Waals surface area contributed by atoms with Gasteiger partial charge in [0.15, 0.2) is 0 Å². The summed E-state index contributed by atoms with van der Waals surface area (Å²) in [6.45, 7) is 3.88. The lowest BCUT2D eigenvalue weighted by atomic mass is 10.1. The van der Waals surface area contributed by atoms with Crippen molar-refractivity contribution in [2.75, 3.05) is 31.1 Å². The SMILES string of the molecule is Cc1ccc(S(=O)(=O)N2CCN(c3ncnc4ccc(-c5cn[nH]c5)cc34)CC2)cc1.O=C(O)C(F)(F)F.O=C(O)C(F)(F)F. The molecule has 45 heavy (non-hydrogen) atoms. The molecule has 1 fully saturated rings. The Morgan fingerprint density at radius 2 is 1.40 bits per heavy atom. The summed E-state index contributed by atoms with van der Waals surface area (Å²) in [6, 6.07) is 13.0. The molecule has 0 saturated carbocycles. The fraction of sp³-hybridized carbons (Fsp3) is 0.269. The molecule has 3 N–H and O–H groups in total. The standard InChI is InChI=1S/C22H22N6O2S.2C2HF3O2/c1-16-2-5-19(6-3-16)31(29,30)28-10-8-27(9-11-28)22-20-12-17(18-13-25-26-14-18)4-7-21(20)23-15-24-22;2*3-2(4,5)1(6)7/h2-7,12-15H,8-11H2,1H3,(H,25,26);2*(H,6,7). The number of hydrogen-bond donors (Lipinski definition) is 3. The molecule has 242 valence electrons. The Kier molecular flexibility index (Phi) is 10.7. The second-order valence-electron chi connectivity index (χ2n) is 9.23. The maximum atomic E-state index is 13.0. The summed E-state index contributed by atoms with van der Waals surface area (Å²) in [5.74, 6) is -4.69. The van der Waals surface area contributed by atoms with Crippen molar-refractivity contribution in [2.45, 2.75) is 24.2 Å². The highest BCUT2D eigenvalue weighted by Crippen LogP contribution is 2.29. The number of aromatic amines is 1. The highest BCUT2D eigenvalue weighted by atomic mass is 32.2. The number of aliphatic carboxylic acids is 2. The molecule has 0 atom stereocenters. The number of anilines is 1. The molecule has 0 radical (unpaired) electrons. The number of hydrogen-bond acceptors (Lipinski definition) is 8. The quantitative estimate of drug-likeness (QED) is 0.271. The summed E-state index contributed by atoms with van der Waals surface area (Å²) in [6.07, 6.45) is -4.98. The predicted molar refractivity (Wildman–Crippen MR) is 147 cm³/mol. The van der Waals surface area contributed by atoms with Crippen molar-refractivity contribution >= 4 is 38.7 Å². The van der Waals surface area contributed by atoms with Crippen molar-refractivity contribution in [3.05, 3.63) is 66.7 Å². The van der Waals surface area contributed by atoms with Gasteiger partial charge in [0.2, 0.25) is 10.0 Å². The van der Waals surface area contributed by atoms with E-state index in [2.05, 4.69) is 31.1 Å². The number of sulfonamides is 1. The molecule has 0 unspecified atom stereocenters. The van der Waals surface area contributed by atoms with Crippen molar-refractivity contribution in [1.82, 2.24) is 24.5 Å². The number of carboxylic acids is 2. The molecule has 4 aromatic rings. The second-order valence-corrected chi connectivity index (χ2v) is 11.2. The lowest BCUT2D eigenvalue weighted by Crippen LogP contribution is -2.49. The summed E-state index contributed by atoms with van der Waals surface area (Å²) < 4.78 is 91.0. The number of carboxylic acid groups (broad SMARTS) is 2. The minimum absolute atomic E-state index is 0.337. The Morgan fingerprint density at radius 1 is 0.844 bits per heavy atom. The number of halogens is 6. The van der Waals surface area contributed by atoms with Crippen molar-refractivity contribution in [3.8, 4) is 11.1 Å². The van der Waals surface area contributed by atoms with Gasteiger partial charge >= 0.3 is 24.3 Å². The Bertz CT molecular complexity index is 1700. The molecular weight excluding hydrogens is 638 g/mol. The largest absolute Gasteiger partial charge is 0.490 e. The fourth-order valence-electron chi connectivity index (χ4n) is 3.88. The van der Waals surface area contributed by atoms with E-state index in [1.807, 2.05) is 37.4 Å². The minimum atomic E-state index is -5.08. The summed E-state index contributed by atoms with van der Waals surface area (Å²) in [5.41, 5.74) is 3.91. The maximum Gasteiger partial charge on any atom is 0.490 e. The van der Waals surface area contributed by atoms with E-state index in [1.165, 1.54) is 0 Å². The number of H-pyrrole nitrogens is 1. The number of piperazine rings is 1. The summed E-state index contributed by atoms with van der Waals surface area (Å²) in [7, 11) is -3.50. The van der Waals surface area contributed by atoms with Gasteiger partial charge in [-0.25, -0.2) is 28.0 Å². The minimum Gasteiger partial charge on any atom is -0.475 e. The highest BCUT2D eigenvalue weighted by molar-refractivity contribution is 7.89. The smallest absolute Gasteiger partial charge is 0.475 e. The van der Waals surface area contributed by atoms with Gasteiger partial charge in [-0.15, -0.1) is 0 Å². The molecule has 3 heterocycles. The van der Waals surface area contributed by atoms with Gasteiger partial charge in [0.25, 0.3) is 0 Å². The number of aryl methyl sites for hydroxylation is 1. The Labute approximate surface area is 251 Å². The van der Waals surface area contributed by atoms with Gasteiger partial charge in [-0.05, 0) is 36.8 Å². The van der Waals surface area contributed by atoms with Crippen LogP contribution in [0.2, 0.25) is 0 Å². The zero-order chi connectivity index (χ0) is 33.6. The molecule has 1 aliphatic rings. The van der Waals surface area contributed by atoms with E-state index in [4.69, 9.17) is 19.8 Å². The lowest BCUT2D eigenvalue weighted by molar-refractivity contribution is -0.193. The number of alkyl halides is 6. The van der Waals surface area contributed by atoms with E-state index in [0.717, 1.165) is 33.4 Å². The Morgan fingerprint density at radius 3 is 1.89 bits per heavy atom. The second kappa shape index (κ2) is 13.9. The van der Waals surface area contributed by atoms with Crippen LogP contribution in [-0.2, 0) is 19.6 Å². The van der Waals surface area contributed by atoms with Gasteiger partial charge in [0.05, 0.1) is 16.6 Å². The first-order chi connectivity index (χ1) is 20.9. The monoisotopic (exact) mass is 662 g/mol. The van der Waals surface area contributed by atoms with E-state index in [9.17, 15) is 34.8 Å². The van der Waals surface area contributed by atoms with Crippen LogP contribution in [0.5, 0.6) is 0 Å². The molecule has 0 aliphatic carbocycles. The van der Waals surface area contributed by atoms with Crippen molar-refractivity contribution in [1.29, 1.82) is 0 Å². The Balaban J connectivity index is 0.000000331. The third-order valence-electron chi connectivity index (χ3n) is 6.13. The summed E-state index contributed by atoms with van der Waals surface area (Å²) in [4.78, 5) is 29.2. The van der Waals surface area contributed by atoms with E-state index in [-0.39, 0.29) is 0 Å². The molecule has 1 saturated heterocycles. The average molecular weight is 663 g/mol. The van der Waals surface area contributed by atoms with Gasteiger partial charge < -0.3 is 15.1 Å². The Hall–Kier alpha value is -4.78. The number of aromatic nitrogens is 4. The van der Waals surface area contributed by atoms with E-state index in [1.54, 1.807) is 29.0 Å². The highest BCUT2D eigenvalue weighted by Gasteiger charge is 2.39. The summed E-state index contributed by atoms with van der Waals surface area (Å²) >= 11 is 0. The number of rotatable bonds is 4. The van der Waals surface area contributed by atoms with Crippen LogP contribution >= 0.6 is 0 Å². The first kappa shape index (κ1) is 34.7. The first-order valence-electron chi connectivity index (χ1n) is 12.6. The van der Waals surface area contributed by atoms with Gasteiger partial charge in [0.1, 0.15) is 12.1 Å². The molecule has 0 bridgehead atoms.